The summed E-state index contributed by atoms with van der Waals surface area (Å²) in [5, 5.41) is 1.81. The van der Waals surface area contributed by atoms with Gasteiger partial charge in [0.05, 0.1) is 20.3 Å². The summed E-state index contributed by atoms with van der Waals surface area (Å²) in [7, 11) is 1.59. The Bertz CT molecular complexity index is 1190. The number of methoxy groups -OCH3 is 1. The fraction of sp³-hybridized carbons (Fsp3) is 0.308. The lowest BCUT2D eigenvalue weighted by Gasteiger charge is -2.42. The summed E-state index contributed by atoms with van der Waals surface area (Å²) in [6.07, 6.45) is -1.17. The first-order chi connectivity index (χ1) is 16.0. The third-order valence-electron chi connectivity index (χ3n) is 5.65. The number of fused-ring (bicyclic) bond motifs is 3. The Labute approximate surface area is 192 Å². The van der Waals surface area contributed by atoms with Crippen molar-refractivity contribution in [1.29, 1.82) is 0 Å². The third kappa shape index (κ3) is 4.06. The van der Waals surface area contributed by atoms with Crippen molar-refractivity contribution in [3.8, 4) is 11.5 Å². The van der Waals surface area contributed by atoms with Crippen LogP contribution < -0.4 is 14.4 Å². The van der Waals surface area contributed by atoms with Crippen LogP contribution in [0.2, 0.25) is 0 Å². The fourth-order valence-corrected chi connectivity index (χ4v) is 4.25. The molecule has 4 rings (SSSR count). The van der Waals surface area contributed by atoms with Crippen LogP contribution in [0.25, 0.3) is 10.8 Å². The smallest absolute Gasteiger partial charge is 0.369 e. The van der Waals surface area contributed by atoms with Gasteiger partial charge in [-0.25, -0.2) is 9.59 Å². The number of carbonyl (C=O) groups is 2. The van der Waals surface area contributed by atoms with Crippen LogP contribution >= 0.6 is 0 Å². The number of hydrogen-bond donors (Lipinski definition) is 0. The van der Waals surface area contributed by atoms with E-state index in [2.05, 4.69) is 0 Å². The van der Waals surface area contributed by atoms with Crippen LogP contribution in [0, 0.1) is 6.92 Å². The van der Waals surface area contributed by atoms with E-state index in [0.29, 0.717) is 22.7 Å². The Balaban J connectivity index is 1.99. The lowest BCUT2D eigenvalue weighted by molar-refractivity contribution is -0.154. The van der Waals surface area contributed by atoms with Gasteiger partial charge in [0, 0.05) is 11.3 Å². The van der Waals surface area contributed by atoms with Crippen molar-refractivity contribution in [2.24, 2.45) is 0 Å². The molecule has 1 unspecified atom stereocenters. The minimum absolute atomic E-state index is 0.183. The highest BCUT2D eigenvalue weighted by atomic mass is 16.6. The minimum atomic E-state index is -1.17. The molecule has 172 valence electrons. The van der Waals surface area contributed by atoms with Gasteiger partial charge in [0.1, 0.15) is 11.5 Å². The Morgan fingerprint density at radius 2 is 1.70 bits per heavy atom. The van der Waals surface area contributed by atoms with Gasteiger partial charge in [-0.05, 0) is 61.4 Å². The molecule has 2 atom stereocenters. The van der Waals surface area contributed by atoms with Crippen LogP contribution in [0.4, 0.5) is 5.69 Å². The third-order valence-corrected chi connectivity index (χ3v) is 5.65. The summed E-state index contributed by atoms with van der Waals surface area (Å²) < 4.78 is 22.4. The number of ether oxygens (including phenoxy) is 4. The van der Waals surface area contributed by atoms with E-state index in [1.165, 1.54) is 0 Å². The summed E-state index contributed by atoms with van der Waals surface area (Å²) in [5.74, 6) is 0.0661. The highest BCUT2D eigenvalue weighted by Gasteiger charge is 2.46. The van der Waals surface area contributed by atoms with Gasteiger partial charge in [-0.15, -0.1) is 0 Å². The molecule has 0 bridgehead atoms. The summed E-state index contributed by atoms with van der Waals surface area (Å²) in [4.78, 5) is 28.2. The highest BCUT2D eigenvalue weighted by molar-refractivity contribution is 5.97. The van der Waals surface area contributed by atoms with Gasteiger partial charge in [-0.3, -0.25) is 0 Å². The number of carbonyl (C=O) groups excluding carboxylic acids is 2. The predicted molar refractivity (Wildman–Crippen MR) is 125 cm³/mol. The number of rotatable bonds is 6. The summed E-state index contributed by atoms with van der Waals surface area (Å²) in [6, 6.07) is 16.0. The lowest BCUT2D eigenvalue weighted by Crippen LogP contribution is -2.53. The minimum Gasteiger partial charge on any atom is -0.497 e. The molecule has 3 aromatic carbocycles. The van der Waals surface area contributed by atoms with E-state index >= 15 is 0 Å². The van der Waals surface area contributed by atoms with E-state index in [4.69, 9.17) is 18.9 Å². The van der Waals surface area contributed by atoms with Crippen molar-refractivity contribution >= 4 is 28.4 Å². The molecule has 1 aliphatic rings. The number of nitrogens with zero attached hydrogens (tertiary/aromatic N) is 1. The molecular weight excluding hydrogens is 422 g/mol. The zero-order chi connectivity index (χ0) is 23.5. The summed E-state index contributed by atoms with van der Waals surface area (Å²) >= 11 is 0. The number of hydrogen-bond acceptors (Lipinski definition) is 7. The standard InChI is InChI=1S/C26H27NO6/c1-5-31-25(28)23-22-19-10-8-7-9-17(19)11-14-21(22)33-24(26(29)32-6-2)27(23)20-13-12-18(30-4)15-16(20)3/h7-15,23-24H,5-6H2,1-4H3/t23?,24-/m0/s1. The average molecular weight is 450 g/mol. The topological polar surface area (TPSA) is 74.3 Å². The van der Waals surface area contributed by atoms with E-state index in [0.717, 1.165) is 16.3 Å². The molecule has 0 spiro atoms. The molecule has 7 nitrogen and oxygen atoms in total. The van der Waals surface area contributed by atoms with Crippen LogP contribution in [0.15, 0.2) is 54.6 Å². The van der Waals surface area contributed by atoms with Crippen LogP contribution in [0.3, 0.4) is 0 Å². The Hall–Kier alpha value is -3.74. The largest absolute Gasteiger partial charge is 0.497 e. The zero-order valence-corrected chi connectivity index (χ0v) is 19.2. The van der Waals surface area contributed by atoms with Crippen molar-refractivity contribution in [1.82, 2.24) is 0 Å². The maximum absolute atomic E-state index is 13.5. The normalized spacial score (nSPS) is 17.2. The fourth-order valence-electron chi connectivity index (χ4n) is 4.25. The molecule has 0 saturated heterocycles. The molecule has 0 aliphatic carbocycles. The monoisotopic (exact) mass is 449 g/mol. The molecule has 3 aromatic rings. The van der Waals surface area contributed by atoms with E-state index in [-0.39, 0.29) is 13.2 Å². The predicted octanol–water partition coefficient (Wildman–Crippen LogP) is 4.55. The maximum Gasteiger partial charge on any atom is 0.369 e. The summed E-state index contributed by atoms with van der Waals surface area (Å²) in [5.41, 5.74) is 2.11. The second-order valence-electron chi connectivity index (χ2n) is 7.64. The second-order valence-corrected chi connectivity index (χ2v) is 7.64. The summed E-state index contributed by atoms with van der Waals surface area (Å²) in [6.45, 7) is 5.76. The van der Waals surface area contributed by atoms with Gasteiger partial charge in [-0.1, -0.05) is 30.3 Å². The Morgan fingerprint density at radius 1 is 0.970 bits per heavy atom. The molecule has 0 amide bonds. The van der Waals surface area contributed by atoms with Gasteiger partial charge in [0.15, 0.2) is 6.04 Å². The Kier molecular flexibility index (Phi) is 6.40. The molecular formula is C26H27NO6. The lowest BCUT2D eigenvalue weighted by atomic mass is 9.93. The van der Waals surface area contributed by atoms with E-state index in [1.807, 2.05) is 49.4 Å². The van der Waals surface area contributed by atoms with Crippen LogP contribution in [0.1, 0.15) is 31.0 Å². The number of esters is 2. The van der Waals surface area contributed by atoms with Gasteiger partial charge in [0.2, 0.25) is 0 Å². The Morgan fingerprint density at radius 3 is 2.39 bits per heavy atom. The first kappa shape index (κ1) is 22.5. The van der Waals surface area contributed by atoms with Gasteiger partial charge in [-0.2, -0.15) is 0 Å². The molecule has 1 heterocycles. The quantitative estimate of drug-likeness (QED) is 0.511. The molecule has 0 N–H and O–H groups in total. The molecule has 1 aliphatic heterocycles. The van der Waals surface area contributed by atoms with E-state index < -0.39 is 24.2 Å². The van der Waals surface area contributed by atoms with Gasteiger partial charge >= 0.3 is 11.9 Å². The second kappa shape index (κ2) is 9.40. The number of anilines is 1. The van der Waals surface area contributed by atoms with Crippen LogP contribution in [0.5, 0.6) is 11.5 Å². The SMILES string of the molecule is CCOC(=O)C1c2c(ccc3ccccc23)O[C@@H](C(=O)OCC)N1c1ccc(OC)cc1C. The molecule has 33 heavy (non-hydrogen) atoms. The van der Waals surface area contributed by atoms with Crippen LogP contribution in [-0.4, -0.2) is 38.5 Å². The zero-order valence-electron chi connectivity index (χ0n) is 19.2. The first-order valence-corrected chi connectivity index (χ1v) is 10.9. The highest BCUT2D eigenvalue weighted by Crippen LogP contribution is 2.45. The molecule has 0 aromatic heterocycles. The molecule has 0 radical (unpaired) electrons. The van der Waals surface area contributed by atoms with Crippen molar-refractivity contribution in [2.75, 3.05) is 25.2 Å². The van der Waals surface area contributed by atoms with Crippen molar-refractivity contribution in [3.05, 3.63) is 65.7 Å². The van der Waals surface area contributed by atoms with Crippen molar-refractivity contribution in [2.45, 2.75) is 33.0 Å². The number of aryl methyl sites for hydroxylation is 1. The molecule has 7 heteroatoms. The van der Waals surface area contributed by atoms with Crippen LogP contribution in [-0.2, 0) is 19.1 Å². The van der Waals surface area contributed by atoms with Gasteiger partial charge in [0.25, 0.3) is 6.23 Å². The van der Waals surface area contributed by atoms with Gasteiger partial charge < -0.3 is 23.8 Å². The first-order valence-electron chi connectivity index (χ1n) is 10.9. The maximum atomic E-state index is 13.5. The number of benzene rings is 3. The van der Waals surface area contributed by atoms with E-state index in [1.54, 1.807) is 38.0 Å². The van der Waals surface area contributed by atoms with E-state index in [9.17, 15) is 9.59 Å². The molecule has 0 fully saturated rings. The molecule has 0 saturated carbocycles. The average Bonchev–Trinajstić information content (AvgIpc) is 2.83. The van der Waals surface area contributed by atoms with Crippen molar-refractivity contribution < 1.29 is 28.5 Å². The van der Waals surface area contributed by atoms with Crippen molar-refractivity contribution in [3.63, 3.8) is 0 Å².